The summed E-state index contributed by atoms with van der Waals surface area (Å²) in [5, 5.41) is 14.0. The fraction of sp³-hybridized carbons (Fsp3) is 0. The number of benzene rings is 3. The smallest absolute Gasteiger partial charge is 0.264 e. The number of allylic oxidation sites excluding steroid dienone is 1. The number of aromatic nitrogens is 3. The van der Waals surface area contributed by atoms with E-state index in [2.05, 4.69) is 30.0 Å². The number of carbonyl (C=O) groups is 1. The molecule has 0 aliphatic heterocycles. The van der Waals surface area contributed by atoms with Crippen LogP contribution in [0.5, 0.6) is 5.88 Å². The van der Waals surface area contributed by atoms with Crippen molar-refractivity contribution in [2.45, 2.75) is 4.90 Å². The minimum atomic E-state index is -3.83. The molecule has 39 heavy (non-hydrogen) atoms. The summed E-state index contributed by atoms with van der Waals surface area (Å²) in [4.78, 5) is 27.6. The van der Waals surface area contributed by atoms with Gasteiger partial charge in [-0.3, -0.25) is 9.79 Å². The third kappa shape index (κ3) is 6.00. The number of H-pyrrole nitrogens is 1. The molecular weight excluding hydrogens is 516 g/mol. The predicted octanol–water partition coefficient (Wildman–Crippen LogP) is 5.02. The van der Waals surface area contributed by atoms with E-state index in [1.165, 1.54) is 36.8 Å². The molecule has 2 aromatic heterocycles. The van der Waals surface area contributed by atoms with Crippen LogP contribution >= 0.6 is 0 Å². The molecule has 10 nitrogen and oxygen atoms in total. The Hall–Kier alpha value is -5.29. The third-order valence-electron chi connectivity index (χ3n) is 5.66. The number of nitrogens with zero attached hydrogens (tertiary/aromatic N) is 3. The average Bonchev–Trinajstić information content (AvgIpc) is 3.27. The first kappa shape index (κ1) is 25.4. The second-order valence-electron chi connectivity index (χ2n) is 8.28. The lowest BCUT2D eigenvalue weighted by atomic mass is 10.1. The molecule has 0 atom stereocenters. The van der Waals surface area contributed by atoms with Gasteiger partial charge in [-0.2, -0.15) is 0 Å². The number of aromatic hydroxyl groups is 1. The van der Waals surface area contributed by atoms with Crippen LogP contribution < -0.4 is 10.0 Å². The molecule has 0 unspecified atom stereocenters. The van der Waals surface area contributed by atoms with Gasteiger partial charge in [0, 0.05) is 53.0 Å². The Labute approximate surface area is 223 Å². The number of anilines is 2. The monoisotopic (exact) mass is 538 g/mol. The molecule has 0 saturated carbocycles. The van der Waals surface area contributed by atoms with Crippen LogP contribution in [0.2, 0.25) is 0 Å². The van der Waals surface area contributed by atoms with Gasteiger partial charge in [0.15, 0.2) is 11.7 Å². The quantitative estimate of drug-likeness (QED) is 0.117. The van der Waals surface area contributed by atoms with Crippen molar-refractivity contribution in [2.75, 3.05) is 10.0 Å². The number of aliphatic imine (C=N–C) groups is 1. The van der Waals surface area contributed by atoms with Crippen molar-refractivity contribution >= 4 is 50.2 Å². The Morgan fingerprint density at radius 2 is 1.64 bits per heavy atom. The van der Waals surface area contributed by atoms with Gasteiger partial charge in [0.25, 0.3) is 10.0 Å². The predicted molar refractivity (Wildman–Crippen MR) is 150 cm³/mol. The molecule has 0 radical (unpaired) electrons. The summed E-state index contributed by atoms with van der Waals surface area (Å²) >= 11 is 0. The van der Waals surface area contributed by atoms with Crippen molar-refractivity contribution in [1.82, 2.24) is 15.0 Å². The third-order valence-corrected chi connectivity index (χ3v) is 7.00. The maximum absolute atomic E-state index is 12.5. The summed E-state index contributed by atoms with van der Waals surface area (Å²) in [6.45, 7) is 0. The molecular formula is C28H22N6O4S. The lowest BCUT2D eigenvalue weighted by Crippen LogP contribution is -2.14. The Bertz CT molecular complexity index is 1780. The van der Waals surface area contributed by atoms with Gasteiger partial charge in [-0.25, -0.2) is 23.1 Å². The SMILES string of the molecule is O=C(C=CNc1ccc(S(=O)(=O)Nc2ncccn2)cc1)c1ccc(N=Cc2c(O)[nH]c3ccccc23)cc1. The summed E-state index contributed by atoms with van der Waals surface area (Å²) < 4.78 is 27.3. The Morgan fingerprint density at radius 1 is 0.923 bits per heavy atom. The van der Waals surface area contributed by atoms with Gasteiger partial charge in [-0.1, -0.05) is 18.2 Å². The molecule has 5 rings (SSSR count). The van der Waals surface area contributed by atoms with E-state index in [4.69, 9.17) is 0 Å². The molecule has 11 heteroatoms. The zero-order valence-electron chi connectivity index (χ0n) is 20.3. The van der Waals surface area contributed by atoms with Crippen molar-refractivity contribution in [3.05, 3.63) is 115 Å². The molecule has 2 heterocycles. The maximum atomic E-state index is 12.5. The summed E-state index contributed by atoms with van der Waals surface area (Å²) in [7, 11) is -3.83. The lowest BCUT2D eigenvalue weighted by molar-refractivity contribution is 0.104. The molecule has 0 saturated heterocycles. The van der Waals surface area contributed by atoms with Gasteiger partial charge >= 0.3 is 0 Å². The number of hydrogen-bond donors (Lipinski definition) is 4. The normalized spacial score (nSPS) is 11.8. The van der Waals surface area contributed by atoms with Crippen LogP contribution in [0.1, 0.15) is 15.9 Å². The summed E-state index contributed by atoms with van der Waals surface area (Å²) in [6, 6.07) is 21.9. The summed E-state index contributed by atoms with van der Waals surface area (Å²) in [6.07, 6.45) is 7.31. The lowest BCUT2D eigenvalue weighted by Gasteiger charge is -2.07. The highest BCUT2D eigenvalue weighted by Crippen LogP contribution is 2.26. The van der Waals surface area contributed by atoms with Crippen LogP contribution in [0.3, 0.4) is 0 Å². The standard InChI is InChI=1S/C28H22N6O4S/c35-26(14-17-29-20-10-12-22(13-11-20)39(37,38)34-28-30-15-3-16-31-28)19-6-8-21(9-7-19)32-18-24-23-4-1-2-5-25(23)33-27(24)36/h1-18,29,33,36H,(H,30,31,34). The number of rotatable bonds is 9. The fourth-order valence-corrected chi connectivity index (χ4v) is 4.66. The molecule has 4 N–H and O–H groups in total. The molecule has 0 spiro atoms. The van der Waals surface area contributed by atoms with E-state index in [0.717, 1.165) is 10.9 Å². The second kappa shape index (κ2) is 11.0. The molecule has 0 fully saturated rings. The number of carbonyl (C=O) groups excluding carboxylic acids is 1. The van der Waals surface area contributed by atoms with Gasteiger partial charge in [0.1, 0.15) is 0 Å². The highest BCUT2D eigenvalue weighted by atomic mass is 32.2. The first-order valence-electron chi connectivity index (χ1n) is 11.7. The van der Waals surface area contributed by atoms with E-state index in [1.807, 2.05) is 24.3 Å². The minimum Gasteiger partial charge on any atom is -0.494 e. The van der Waals surface area contributed by atoms with Crippen LogP contribution in [-0.2, 0) is 10.0 Å². The number of aromatic amines is 1. The number of nitrogens with one attached hydrogen (secondary N) is 3. The zero-order chi connectivity index (χ0) is 27.2. The second-order valence-corrected chi connectivity index (χ2v) is 9.96. The topological polar surface area (TPSA) is 149 Å². The Morgan fingerprint density at radius 3 is 2.38 bits per heavy atom. The van der Waals surface area contributed by atoms with E-state index in [0.29, 0.717) is 22.5 Å². The zero-order valence-corrected chi connectivity index (χ0v) is 21.1. The van der Waals surface area contributed by atoms with Gasteiger partial charge in [-0.15, -0.1) is 0 Å². The Balaban J connectivity index is 1.18. The van der Waals surface area contributed by atoms with E-state index >= 15 is 0 Å². The van der Waals surface area contributed by atoms with E-state index < -0.39 is 10.0 Å². The van der Waals surface area contributed by atoms with Crippen LogP contribution in [-0.4, -0.2) is 40.5 Å². The van der Waals surface area contributed by atoms with Crippen molar-refractivity contribution in [2.24, 2.45) is 4.99 Å². The van der Waals surface area contributed by atoms with Crippen LogP contribution in [0, 0.1) is 0 Å². The molecule has 5 aromatic rings. The van der Waals surface area contributed by atoms with Crippen LogP contribution in [0.25, 0.3) is 10.9 Å². The van der Waals surface area contributed by atoms with Crippen LogP contribution in [0.15, 0.2) is 113 Å². The summed E-state index contributed by atoms with van der Waals surface area (Å²) in [5.41, 5.74) is 3.10. The van der Waals surface area contributed by atoms with E-state index in [9.17, 15) is 18.3 Å². The molecule has 0 aliphatic carbocycles. The highest BCUT2D eigenvalue weighted by molar-refractivity contribution is 7.92. The first-order chi connectivity index (χ1) is 18.9. The minimum absolute atomic E-state index is 0.0189. The van der Waals surface area contributed by atoms with Crippen molar-refractivity contribution in [3.63, 3.8) is 0 Å². The molecule has 0 amide bonds. The fourth-order valence-electron chi connectivity index (χ4n) is 3.70. The van der Waals surface area contributed by atoms with Gasteiger partial charge in [0.2, 0.25) is 5.95 Å². The highest BCUT2D eigenvalue weighted by Gasteiger charge is 2.15. The number of sulfonamides is 1. The molecule has 194 valence electrons. The van der Waals surface area contributed by atoms with Crippen LogP contribution in [0.4, 0.5) is 17.3 Å². The van der Waals surface area contributed by atoms with Gasteiger partial charge < -0.3 is 15.4 Å². The van der Waals surface area contributed by atoms with Crippen molar-refractivity contribution in [3.8, 4) is 5.88 Å². The Kier molecular flexibility index (Phi) is 7.15. The van der Waals surface area contributed by atoms with Gasteiger partial charge in [-0.05, 0) is 60.7 Å². The molecule has 3 aromatic carbocycles. The van der Waals surface area contributed by atoms with E-state index in [1.54, 1.807) is 48.7 Å². The first-order valence-corrected chi connectivity index (χ1v) is 13.2. The number of hydrogen-bond acceptors (Lipinski definition) is 8. The number of para-hydroxylation sites is 1. The summed E-state index contributed by atoms with van der Waals surface area (Å²) in [5.74, 6) is -0.202. The van der Waals surface area contributed by atoms with Crippen molar-refractivity contribution < 1.29 is 18.3 Å². The van der Waals surface area contributed by atoms with Gasteiger partial charge in [0.05, 0.1) is 16.1 Å². The number of fused-ring (bicyclic) bond motifs is 1. The van der Waals surface area contributed by atoms with E-state index in [-0.39, 0.29) is 22.5 Å². The maximum Gasteiger partial charge on any atom is 0.264 e. The largest absolute Gasteiger partial charge is 0.494 e. The molecule has 0 aliphatic rings. The average molecular weight is 539 g/mol. The van der Waals surface area contributed by atoms with Crippen molar-refractivity contribution in [1.29, 1.82) is 0 Å². The molecule has 0 bridgehead atoms. The number of ketones is 1.